The summed E-state index contributed by atoms with van der Waals surface area (Å²) in [4.78, 5) is 48.7. The Morgan fingerprint density at radius 2 is 1.77 bits per heavy atom. The van der Waals surface area contributed by atoms with Crippen molar-refractivity contribution in [3.8, 4) is 11.1 Å². The summed E-state index contributed by atoms with van der Waals surface area (Å²) in [5.74, 6) is -0.928. The number of pyridine rings is 1. The number of benzene rings is 1. The van der Waals surface area contributed by atoms with Crippen molar-refractivity contribution in [3.05, 3.63) is 78.0 Å². The van der Waals surface area contributed by atoms with E-state index in [0.717, 1.165) is 16.8 Å². The fourth-order valence-corrected chi connectivity index (χ4v) is 4.10. The van der Waals surface area contributed by atoms with E-state index in [1.54, 1.807) is 35.9 Å². The van der Waals surface area contributed by atoms with Gasteiger partial charge in [-0.1, -0.05) is 18.2 Å². The van der Waals surface area contributed by atoms with Gasteiger partial charge in [-0.3, -0.25) is 14.5 Å². The van der Waals surface area contributed by atoms with Gasteiger partial charge >= 0.3 is 6.03 Å². The number of carbonyl (C=O) groups excluding carboxylic acids is 3. The van der Waals surface area contributed by atoms with Gasteiger partial charge in [-0.05, 0) is 42.8 Å². The quantitative estimate of drug-likeness (QED) is 0.465. The highest BCUT2D eigenvalue weighted by Crippen LogP contribution is 2.28. The summed E-state index contributed by atoms with van der Waals surface area (Å²) in [5.41, 5.74) is 9.53. The maximum atomic E-state index is 13.1. The molecule has 0 spiro atoms. The van der Waals surface area contributed by atoms with Gasteiger partial charge in [0.05, 0.1) is 11.2 Å². The molecule has 10 nitrogen and oxygen atoms in total. The van der Waals surface area contributed by atoms with Crippen LogP contribution in [0.3, 0.4) is 0 Å². The maximum Gasteiger partial charge on any atom is 0.324 e. The highest BCUT2D eigenvalue weighted by molar-refractivity contribution is 6.07. The van der Waals surface area contributed by atoms with E-state index in [-0.39, 0.29) is 23.2 Å². The van der Waals surface area contributed by atoms with Crippen molar-refractivity contribution >= 4 is 34.9 Å². The van der Waals surface area contributed by atoms with Gasteiger partial charge in [0.1, 0.15) is 11.5 Å². The number of rotatable bonds is 5. The first-order chi connectivity index (χ1) is 16.8. The third-order valence-corrected chi connectivity index (χ3v) is 5.89. The van der Waals surface area contributed by atoms with E-state index in [1.165, 1.54) is 6.07 Å². The zero-order valence-electron chi connectivity index (χ0n) is 19.2. The molecule has 1 aliphatic rings. The van der Waals surface area contributed by atoms with Crippen LogP contribution in [0.1, 0.15) is 26.7 Å². The van der Waals surface area contributed by atoms with Crippen molar-refractivity contribution in [1.82, 2.24) is 19.3 Å². The number of nitrogens with one attached hydrogen (secondary N) is 1. The molecule has 3 N–H and O–H groups in total. The van der Waals surface area contributed by atoms with Crippen LogP contribution < -0.4 is 16.0 Å². The van der Waals surface area contributed by atoms with Crippen LogP contribution in [0, 0.1) is 6.92 Å². The molecule has 0 unspecified atom stereocenters. The number of primary amides is 1. The van der Waals surface area contributed by atoms with Gasteiger partial charge in [-0.25, -0.2) is 14.8 Å². The Labute approximate surface area is 201 Å². The number of aryl methyl sites for hydroxylation is 1. The smallest absolute Gasteiger partial charge is 0.324 e. The van der Waals surface area contributed by atoms with Gasteiger partial charge in [-0.15, -0.1) is 0 Å². The first-order valence-corrected chi connectivity index (χ1v) is 11.0. The average molecular weight is 470 g/mol. The lowest BCUT2D eigenvalue weighted by Gasteiger charge is -2.16. The van der Waals surface area contributed by atoms with Gasteiger partial charge in [0.2, 0.25) is 0 Å². The minimum Gasteiger partial charge on any atom is -0.364 e. The standard InChI is InChI=1S/C25H23N7O3/c1-15-13-31-14-17(16-6-8-18(9-7-16)32-11-10-30(2)25(32)35)12-20(31)22(27-15)24(34)29-21-5-3-4-19(28-21)23(26)33/h3-9,12-14H,10-11H2,1-2H3,(H2,26,33)(H,28,29,34). The topological polar surface area (TPSA) is 126 Å². The number of amides is 4. The van der Waals surface area contributed by atoms with Crippen LogP contribution in [0.5, 0.6) is 0 Å². The van der Waals surface area contributed by atoms with Crippen molar-refractivity contribution in [3.63, 3.8) is 0 Å². The zero-order valence-corrected chi connectivity index (χ0v) is 19.2. The molecule has 1 fully saturated rings. The monoisotopic (exact) mass is 469 g/mol. The Morgan fingerprint density at radius 1 is 1.00 bits per heavy atom. The third kappa shape index (κ3) is 4.17. The minimum absolute atomic E-state index is 0.0135. The van der Waals surface area contributed by atoms with Gasteiger partial charge in [0.15, 0.2) is 5.69 Å². The van der Waals surface area contributed by atoms with Crippen molar-refractivity contribution in [2.24, 2.45) is 5.73 Å². The number of carbonyl (C=O) groups is 3. The lowest BCUT2D eigenvalue weighted by atomic mass is 10.1. The number of urea groups is 1. The van der Waals surface area contributed by atoms with Crippen molar-refractivity contribution in [1.29, 1.82) is 0 Å². The summed E-state index contributed by atoms with van der Waals surface area (Å²) in [7, 11) is 1.79. The second-order valence-electron chi connectivity index (χ2n) is 8.38. The fraction of sp³-hybridized carbons (Fsp3) is 0.160. The van der Waals surface area contributed by atoms with Crippen LogP contribution in [0.25, 0.3) is 16.6 Å². The molecule has 10 heteroatoms. The molecule has 4 aromatic rings. The third-order valence-electron chi connectivity index (χ3n) is 5.89. The number of nitrogens with two attached hydrogens (primary N) is 1. The Hall–Kier alpha value is -4.73. The molecule has 1 saturated heterocycles. The number of anilines is 2. The van der Waals surface area contributed by atoms with E-state index in [9.17, 15) is 14.4 Å². The summed E-state index contributed by atoms with van der Waals surface area (Å²) in [6.45, 7) is 3.16. The molecule has 4 amide bonds. The van der Waals surface area contributed by atoms with Crippen molar-refractivity contribution < 1.29 is 14.4 Å². The van der Waals surface area contributed by atoms with Gasteiger partial charge < -0.3 is 20.4 Å². The lowest BCUT2D eigenvalue weighted by Crippen LogP contribution is -2.29. The number of hydrogen-bond donors (Lipinski definition) is 2. The summed E-state index contributed by atoms with van der Waals surface area (Å²) in [6, 6.07) is 14.3. The Kier molecular flexibility index (Phi) is 5.40. The summed E-state index contributed by atoms with van der Waals surface area (Å²) < 4.78 is 1.85. The molecular formula is C25H23N7O3. The molecule has 176 valence electrons. The minimum atomic E-state index is -0.680. The predicted molar refractivity (Wildman–Crippen MR) is 131 cm³/mol. The van der Waals surface area contributed by atoms with Crippen molar-refractivity contribution in [2.75, 3.05) is 30.4 Å². The van der Waals surface area contributed by atoms with Gasteiger partial charge in [0.25, 0.3) is 11.8 Å². The van der Waals surface area contributed by atoms with E-state index < -0.39 is 11.8 Å². The van der Waals surface area contributed by atoms with Crippen LogP contribution >= 0.6 is 0 Å². The molecule has 1 aromatic carbocycles. The molecule has 0 aliphatic carbocycles. The summed E-state index contributed by atoms with van der Waals surface area (Å²) in [5, 5.41) is 2.69. The molecule has 3 aromatic heterocycles. The van der Waals surface area contributed by atoms with Gasteiger partial charge in [0, 0.05) is 43.8 Å². The molecule has 0 saturated carbocycles. The normalized spacial score (nSPS) is 13.5. The first kappa shape index (κ1) is 22.1. The fourth-order valence-electron chi connectivity index (χ4n) is 4.10. The molecule has 4 heterocycles. The molecule has 5 rings (SSSR count). The molecule has 0 bridgehead atoms. The van der Waals surface area contributed by atoms with Crippen LogP contribution in [0.2, 0.25) is 0 Å². The summed E-state index contributed by atoms with van der Waals surface area (Å²) >= 11 is 0. The van der Waals surface area contributed by atoms with E-state index in [4.69, 9.17) is 5.73 Å². The first-order valence-electron chi connectivity index (χ1n) is 11.0. The van der Waals surface area contributed by atoms with Crippen LogP contribution in [-0.2, 0) is 0 Å². The second kappa shape index (κ2) is 8.56. The van der Waals surface area contributed by atoms with Crippen LogP contribution in [0.15, 0.2) is 60.9 Å². The van der Waals surface area contributed by atoms with Crippen molar-refractivity contribution in [2.45, 2.75) is 6.92 Å². The van der Waals surface area contributed by atoms with Crippen LogP contribution in [0.4, 0.5) is 16.3 Å². The van der Waals surface area contributed by atoms with E-state index >= 15 is 0 Å². The SMILES string of the molecule is Cc1cn2cc(-c3ccc(N4CCN(C)C4=O)cc3)cc2c(C(=O)Nc2cccc(C(N)=O)n2)n1. The average Bonchev–Trinajstić information content (AvgIpc) is 3.42. The number of fused-ring (bicyclic) bond motifs is 1. The predicted octanol–water partition coefficient (Wildman–Crippen LogP) is 2.93. The number of hydrogen-bond acceptors (Lipinski definition) is 5. The molecule has 0 atom stereocenters. The highest BCUT2D eigenvalue weighted by atomic mass is 16.2. The van der Waals surface area contributed by atoms with E-state index in [2.05, 4.69) is 15.3 Å². The largest absolute Gasteiger partial charge is 0.364 e. The highest BCUT2D eigenvalue weighted by Gasteiger charge is 2.26. The maximum absolute atomic E-state index is 13.1. The van der Waals surface area contributed by atoms with Crippen LogP contribution in [-0.4, -0.2) is 57.3 Å². The molecule has 35 heavy (non-hydrogen) atoms. The van der Waals surface area contributed by atoms with Gasteiger partial charge in [-0.2, -0.15) is 0 Å². The van der Waals surface area contributed by atoms with E-state index in [0.29, 0.717) is 24.3 Å². The van der Waals surface area contributed by atoms with E-state index in [1.807, 2.05) is 47.1 Å². The Bertz CT molecular complexity index is 1480. The number of likely N-dealkylation sites (N-methyl/N-ethyl adjacent to an activating group) is 1. The number of nitrogens with zero attached hydrogens (tertiary/aromatic N) is 5. The Balaban J connectivity index is 1.45. The second-order valence-corrected chi connectivity index (χ2v) is 8.38. The number of aromatic nitrogens is 3. The summed E-state index contributed by atoms with van der Waals surface area (Å²) in [6.07, 6.45) is 3.77. The lowest BCUT2D eigenvalue weighted by molar-refractivity contribution is 0.0990. The molecule has 0 radical (unpaired) electrons. The Morgan fingerprint density at radius 3 is 2.46 bits per heavy atom. The molecular weight excluding hydrogens is 446 g/mol. The molecule has 1 aliphatic heterocycles. The zero-order chi connectivity index (χ0) is 24.7.